The molecule has 0 radical (unpaired) electrons. The summed E-state index contributed by atoms with van der Waals surface area (Å²) in [5.74, 6) is 3.68. The van der Waals surface area contributed by atoms with E-state index in [0.717, 1.165) is 37.4 Å². The SMILES string of the molecule is CN(C(=O)C1CSCCS1)C1CCNCC1. The first-order valence-electron chi connectivity index (χ1n) is 5.96. The quantitative estimate of drug-likeness (QED) is 0.804. The van der Waals surface area contributed by atoms with E-state index in [1.807, 2.05) is 35.5 Å². The van der Waals surface area contributed by atoms with Crippen molar-refractivity contribution < 1.29 is 4.79 Å². The fraction of sp³-hybridized carbons (Fsp3) is 0.909. The van der Waals surface area contributed by atoms with Crippen LogP contribution >= 0.6 is 23.5 Å². The Balaban J connectivity index is 1.86. The van der Waals surface area contributed by atoms with Gasteiger partial charge in [0.05, 0.1) is 5.25 Å². The van der Waals surface area contributed by atoms with Crippen molar-refractivity contribution in [2.75, 3.05) is 37.4 Å². The van der Waals surface area contributed by atoms with E-state index in [9.17, 15) is 4.79 Å². The largest absolute Gasteiger partial charge is 0.342 e. The maximum absolute atomic E-state index is 12.3. The third kappa shape index (κ3) is 3.08. The van der Waals surface area contributed by atoms with Gasteiger partial charge in [-0.15, -0.1) is 11.8 Å². The zero-order valence-electron chi connectivity index (χ0n) is 9.78. The van der Waals surface area contributed by atoms with Crippen LogP contribution in [0.3, 0.4) is 0 Å². The number of hydrogen-bond donors (Lipinski definition) is 1. The normalized spacial score (nSPS) is 27.7. The van der Waals surface area contributed by atoms with Crippen LogP contribution in [0.1, 0.15) is 12.8 Å². The molecule has 0 aromatic carbocycles. The molecule has 1 unspecified atom stereocenters. The number of piperidine rings is 1. The molecule has 0 aromatic rings. The summed E-state index contributed by atoms with van der Waals surface area (Å²) in [4.78, 5) is 14.3. The number of carbonyl (C=O) groups is 1. The van der Waals surface area contributed by atoms with Crippen molar-refractivity contribution in [3.63, 3.8) is 0 Å². The Labute approximate surface area is 106 Å². The Morgan fingerprint density at radius 2 is 2.06 bits per heavy atom. The summed E-state index contributed by atoms with van der Waals surface area (Å²) in [5.41, 5.74) is 0. The van der Waals surface area contributed by atoms with E-state index in [4.69, 9.17) is 0 Å². The third-order valence-electron chi connectivity index (χ3n) is 3.30. The van der Waals surface area contributed by atoms with Crippen LogP contribution in [0.15, 0.2) is 0 Å². The lowest BCUT2D eigenvalue weighted by Gasteiger charge is -2.34. The summed E-state index contributed by atoms with van der Waals surface area (Å²) in [5, 5.41) is 3.55. The molecule has 1 amide bonds. The van der Waals surface area contributed by atoms with Crippen LogP contribution in [0.5, 0.6) is 0 Å². The average molecular weight is 260 g/mol. The van der Waals surface area contributed by atoms with Gasteiger partial charge in [0, 0.05) is 30.3 Å². The number of thioether (sulfide) groups is 2. The standard InChI is InChI=1S/C11H20N2OS2/c1-13(9-2-4-12-5-3-9)11(14)10-8-15-6-7-16-10/h9-10,12H,2-8H2,1H3. The van der Waals surface area contributed by atoms with E-state index >= 15 is 0 Å². The molecule has 2 aliphatic heterocycles. The minimum Gasteiger partial charge on any atom is -0.342 e. The molecular formula is C11H20N2OS2. The van der Waals surface area contributed by atoms with Gasteiger partial charge in [-0.2, -0.15) is 11.8 Å². The van der Waals surface area contributed by atoms with Gasteiger partial charge in [-0.3, -0.25) is 4.79 Å². The third-order valence-corrected chi connectivity index (χ3v) is 6.04. The van der Waals surface area contributed by atoms with Gasteiger partial charge < -0.3 is 10.2 Å². The maximum Gasteiger partial charge on any atom is 0.236 e. The zero-order chi connectivity index (χ0) is 11.4. The highest BCUT2D eigenvalue weighted by Gasteiger charge is 2.29. The summed E-state index contributed by atoms with van der Waals surface area (Å²) in [6.45, 7) is 2.10. The highest BCUT2D eigenvalue weighted by Crippen LogP contribution is 2.26. The summed E-state index contributed by atoms with van der Waals surface area (Å²) < 4.78 is 0. The van der Waals surface area contributed by atoms with Crippen molar-refractivity contribution in [3.8, 4) is 0 Å². The van der Waals surface area contributed by atoms with E-state index in [0.29, 0.717) is 11.9 Å². The molecule has 0 bridgehead atoms. The van der Waals surface area contributed by atoms with Gasteiger partial charge in [-0.25, -0.2) is 0 Å². The zero-order valence-corrected chi connectivity index (χ0v) is 11.4. The number of amides is 1. The van der Waals surface area contributed by atoms with Gasteiger partial charge in [0.1, 0.15) is 0 Å². The molecule has 1 N–H and O–H groups in total. The molecule has 2 fully saturated rings. The molecule has 0 aliphatic carbocycles. The van der Waals surface area contributed by atoms with E-state index < -0.39 is 0 Å². The number of carbonyl (C=O) groups excluding carboxylic acids is 1. The molecule has 1 atom stereocenters. The molecule has 5 heteroatoms. The maximum atomic E-state index is 12.3. The van der Waals surface area contributed by atoms with Crippen molar-refractivity contribution in [2.45, 2.75) is 24.1 Å². The molecule has 92 valence electrons. The highest BCUT2D eigenvalue weighted by atomic mass is 32.2. The summed E-state index contributed by atoms with van der Waals surface area (Å²) >= 11 is 3.75. The van der Waals surface area contributed by atoms with Crippen molar-refractivity contribution in [2.24, 2.45) is 0 Å². The van der Waals surface area contributed by atoms with Crippen LogP contribution in [0, 0.1) is 0 Å². The lowest BCUT2D eigenvalue weighted by atomic mass is 10.1. The van der Waals surface area contributed by atoms with Gasteiger partial charge in [0.2, 0.25) is 5.91 Å². The summed E-state index contributed by atoms with van der Waals surface area (Å²) in [6.07, 6.45) is 2.21. The van der Waals surface area contributed by atoms with Crippen LogP contribution in [-0.2, 0) is 4.79 Å². The van der Waals surface area contributed by atoms with Crippen LogP contribution in [-0.4, -0.2) is 59.5 Å². The monoisotopic (exact) mass is 260 g/mol. The Morgan fingerprint density at radius 3 is 2.69 bits per heavy atom. The molecule has 0 aromatic heterocycles. The number of nitrogens with zero attached hydrogens (tertiary/aromatic N) is 1. The Kier molecular flexibility index (Phi) is 4.85. The number of hydrogen-bond acceptors (Lipinski definition) is 4. The number of nitrogens with one attached hydrogen (secondary N) is 1. The van der Waals surface area contributed by atoms with Gasteiger partial charge in [-0.1, -0.05) is 0 Å². The van der Waals surface area contributed by atoms with E-state index in [1.165, 1.54) is 5.75 Å². The number of rotatable bonds is 2. The molecule has 0 saturated carbocycles. The van der Waals surface area contributed by atoms with E-state index in [1.54, 1.807) is 0 Å². The van der Waals surface area contributed by atoms with Crippen molar-refractivity contribution in [1.29, 1.82) is 0 Å². The lowest BCUT2D eigenvalue weighted by Crippen LogP contribution is -2.47. The summed E-state index contributed by atoms with van der Waals surface area (Å²) in [6, 6.07) is 0.460. The fourth-order valence-corrected chi connectivity index (χ4v) is 4.88. The first-order chi connectivity index (χ1) is 7.79. The average Bonchev–Trinajstić information content (AvgIpc) is 2.39. The molecule has 2 heterocycles. The van der Waals surface area contributed by atoms with Gasteiger partial charge >= 0.3 is 0 Å². The predicted molar refractivity (Wildman–Crippen MR) is 72.2 cm³/mol. The van der Waals surface area contributed by atoms with Crippen molar-refractivity contribution >= 4 is 29.4 Å². The smallest absolute Gasteiger partial charge is 0.236 e. The molecule has 2 rings (SSSR count). The van der Waals surface area contributed by atoms with Crippen molar-refractivity contribution in [1.82, 2.24) is 10.2 Å². The van der Waals surface area contributed by atoms with Gasteiger partial charge in [-0.05, 0) is 25.9 Å². The van der Waals surface area contributed by atoms with Crippen LogP contribution in [0.4, 0.5) is 0 Å². The molecule has 16 heavy (non-hydrogen) atoms. The second-order valence-electron chi connectivity index (χ2n) is 4.36. The first kappa shape index (κ1) is 12.6. The van der Waals surface area contributed by atoms with Crippen LogP contribution in [0.25, 0.3) is 0 Å². The first-order valence-corrected chi connectivity index (χ1v) is 8.16. The molecule has 2 aliphatic rings. The fourth-order valence-electron chi connectivity index (χ4n) is 2.23. The minimum atomic E-state index is 0.207. The molecular weight excluding hydrogens is 240 g/mol. The molecule has 0 spiro atoms. The topological polar surface area (TPSA) is 32.3 Å². The Hall–Kier alpha value is 0.130. The van der Waals surface area contributed by atoms with Crippen LogP contribution < -0.4 is 5.32 Å². The highest BCUT2D eigenvalue weighted by molar-refractivity contribution is 8.07. The lowest BCUT2D eigenvalue weighted by molar-refractivity contribution is -0.131. The predicted octanol–water partition coefficient (Wildman–Crippen LogP) is 1.05. The second kappa shape index (κ2) is 6.17. The van der Waals surface area contributed by atoms with Crippen molar-refractivity contribution in [3.05, 3.63) is 0 Å². The minimum absolute atomic E-state index is 0.207. The molecule has 3 nitrogen and oxygen atoms in total. The Morgan fingerprint density at radius 1 is 1.31 bits per heavy atom. The van der Waals surface area contributed by atoms with Crippen LogP contribution in [0.2, 0.25) is 0 Å². The Bertz CT molecular complexity index is 238. The summed E-state index contributed by atoms with van der Waals surface area (Å²) in [7, 11) is 1.98. The molecule has 2 saturated heterocycles. The second-order valence-corrected chi connectivity index (χ2v) is 6.83. The van der Waals surface area contributed by atoms with E-state index in [2.05, 4.69) is 5.32 Å². The van der Waals surface area contributed by atoms with Gasteiger partial charge in [0.25, 0.3) is 0 Å². The van der Waals surface area contributed by atoms with Gasteiger partial charge in [0.15, 0.2) is 0 Å². The van der Waals surface area contributed by atoms with E-state index in [-0.39, 0.29) is 5.25 Å².